The lowest BCUT2D eigenvalue weighted by Gasteiger charge is -2.34. The highest BCUT2D eigenvalue weighted by Gasteiger charge is 2.34. The Labute approximate surface area is 168 Å². The topological polar surface area (TPSA) is 47.0 Å². The van der Waals surface area contributed by atoms with Crippen LogP contribution in [0.4, 0.5) is 23.2 Å². The third-order valence-electron chi connectivity index (χ3n) is 4.91. The van der Waals surface area contributed by atoms with E-state index in [2.05, 4.69) is 15.3 Å². The minimum Gasteiger partial charge on any atom is -0.362 e. The number of ether oxygens (including phenoxy) is 1. The van der Waals surface area contributed by atoms with Crippen molar-refractivity contribution in [3.05, 3.63) is 64.8 Å². The minimum atomic E-state index is -4.56. The van der Waals surface area contributed by atoms with Crippen LogP contribution in [0.3, 0.4) is 0 Å². The van der Waals surface area contributed by atoms with Crippen molar-refractivity contribution in [1.29, 1.82) is 0 Å². The molecule has 0 atom stereocenters. The van der Waals surface area contributed by atoms with E-state index in [1.165, 1.54) is 24.4 Å². The van der Waals surface area contributed by atoms with Crippen LogP contribution >= 0.6 is 11.6 Å². The first-order valence-electron chi connectivity index (χ1n) is 8.94. The van der Waals surface area contributed by atoms with Gasteiger partial charge in [0.15, 0.2) is 0 Å². The van der Waals surface area contributed by atoms with E-state index in [4.69, 9.17) is 16.3 Å². The molecular weight excluding hydrogens is 410 g/mol. The van der Waals surface area contributed by atoms with Gasteiger partial charge in [0, 0.05) is 27.7 Å². The molecule has 0 radical (unpaired) electrons. The first-order valence-corrected chi connectivity index (χ1v) is 9.32. The van der Waals surface area contributed by atoms with Crippen LogP contribution in [-0.4, -0.2) is 22.8 Å². The number of alkyl halides is 3. The molecule has 1 aromatic carbocycles. The predicted octanol–water partition coefficient (Wildman–Crippen LogP) is 5.77. The molecule has 0 saturated heterocycles. The van der Waals surface area contributed by atoms with E-state index in [1.54, 1.807) is 12.1 Å². The largest absolute Gasteiger partial charge is 0.433 e. The van der Waals surface area contributed by atoms with Gasteiger partial charge in [-0.05, 0) is 49.2 Å². The van der Waals surface area contributed by atoms with E-state index < -0.39 is 11.9 Å². The maximum atomic E-state index is 13.1. The summed E-state index contributed by atoms with van der Waals surface area (Å²) in [5, 5.41) is 3.78. The summed E-state index contributed by atoms with van der Waals surface area (Å²) in [7, 11) is 0. The molecule has 4 nitrogen and oxygen atoms in total. The molecule has 0 unspecified atom stereocenters. The van der Waals surface area contributed by atoms with Crippen molar-refractivity contribution >= 4 is 28.2 Å². The minimum absolute atomic E-state index is 0.0388. The number of aromatic nitrogens is 2. The summed E-state index contributed by atoms with van der Waals surface area (Å²) >= 11 is 5.98. The zero-order valence-electron chi connectivity index (χ0n) is 15.0. The molecule has 29 heavy (non-hydrogen) atoms. The van der Waals surface area contributed by atoms with Crippen molar-refractivity contribution in [3.63, 3.8) is 0 Å². The van der Waals surface area contributed by atoms with Crippen molar-refractivity contribution in [1.82, 2.24) is 9.97 Å². The number of nitrogens with one attached hydrogen (secondary N) is 1. The number of hydrogen-bond acceptors (Lipinski definition) is 4. The van der Waals surface area contributed by atoms with Crippen molar-refractivity contribution in [3.8, 4) is 0 Å². The molecule has 2 heterocycles. The number of rotatable bonds is 5. The number of fused-ring (bicyclic) bond motifs is 1. The fourth-order valence-electron chi connectivity index (χ4n) is 3.30. The van der Waals surface area contributed by atoms with Crippen LogP contribution < -0.4 is 5.32 Å². The average molecular weight is 426 g/mol. The maximum absolute atomic E-state index is 13.1. The average Bonchev–Trinajstić information content (AvgIpc) is 2.63. The van der Waals surface area contributed by atoms with Crippen molar-refractivity contribution in [2.75, 3.05) is 12.0 Å². The first kappa shape index (κ1) is 19.8. The summed E-state index contributed by atoms with van der Waals surface area (Å²) in [6.07, 6.45) is -1.98. The van der Waals surface area contributed by atoms with Gasteiger partial charge in [-0.1, -0.05) is 11.6 Å². The van der Waals surface area contributed by atoms with Crippen molar-refractivity contribution < 1.29 is 22.3 Å². The molecule has 1 N–H and O–H groups in total. The van der Waals surface area contributed by atoms with Gasteiger partial charge >= 0.3 is 6.18 Å². The quantitative estimate of drug-likeness (QED) is 0.416. The van der Waals surface area contributed by atoms with Gasteiger partial charge in [0.25, 0.3) is 0 Å². The molecule has 1 aliphatic carbocycles. The standard InChI is InChI=1S/C20H16ClF4N3O/c21-12-1-3-17-15(7-12)18(8-19(28-17)20(23,24)25)27-10-29-14-5-11(6-14)16-4-2-13(22)9-26-16/h1-4,7-9,11,14H,5-6,10H2,(H,27,28). The molecule has 1 fully saturated rings. The Balaban J connectivity index is 1.41. The Morgan fingerprint density at radius 2 is 1.93 bits per heavy atom. The second kappa shape index (κ2) is 7.76. The molecule has 0 amide bonds. The lowest BCUT2D eigenvalue weighted by Crippen LogP contribution is -2.31. The summed E-state index contributed by atoms with van der Waals surface area (Å²) < 4.78 is 58.1. The molecule has 1 aliphatic rings. The number of halogens is 5. The molecule has 0 bridgehead atoms. The van der Waals surface area contributed by atoms with Crippen LogP contribution in [0.15, 0.2) is 42.6 Å². The maximum Gasteiger partial charge on any atom is 0.433 e. The molecule has 4 rings (SSSR count). The van der Waals surface area contributed by atoms with Gasteiger partial charge in [0.2, 0.25) is 0 Å². The van der Waals surface area contributed by atoms with Gasteiger partial charge in [0.05, 0.1) is 17.8 Å². The van der Waals surface area contributed by atoms with Gasteiger partial charge in [-0.3, -0.25) is 4.98 Å². The number of anilines is 1. The Morgan fingerprint density at radius 3 is 2.62 bits per heavy atom. The van der Waals surface area contributed by atoms with Gasteiger partial charge in [-0.2, -0.15) is 13.2 Å². The Kier molecular flexibility index (Phi) is 5.31. The van der Waals surface area contributed by atoms with E-state index in [9.17, 15) is 17.6 Å². The van der Waals surface area contributed by atoms with E-state index in [0.717, 1.165) is 24.6 Å². The zero-order valence-corrected chi connectivity index (χ0v) is 15.8. The number of pyridine rings is 2. The summed E-state index contributed by atoms with van der Waals surface area (Å²) in [5.41, 5.74) is 0.267. The highest BCUT2D eigenvalue weighted by atomic mass is 35.5. The van der Waals surface area contributed by atoms with Crippen molar-refractivity contribution in [2.24, 2.45) is 0 Å². The number of benzene rings is 1. The highest BCUT2D eigenvalue weighted by Crippen LogP contribution is 2.38. The Bertz CT molecular complexity index is 1020. The lowest BCUT2D eigenvalue weighted by molar-refractivity contribution is -0.140. The summed E-state index contributed by atoms with van der Waals surface area (Å²) in [6, 6.07) is 8.48. The van der Waals surface area contributed by atoms with E-state index >= 15 is 0 Å². The Hall–Kier alpha value is -2.45. The number of nitrogens with zero attached hydrogens (tertiary/aromatic N) is 2. The highest BCUT2D eigenvalue weighted by molar-refractivity contribution is 6.31. The second-order valence-corrected chi connectivity index (χ2v) is 7.33. The Morgan fingerprint density at radius 1 is 1.14 bits per heavy atom. The van der Waals surface area contributed by atoms with E-state index in [-0.39, 0.29) is 35.8 Å². The van der Waals surface area contributed by atoms with Gasteiger partial charge in [-0.15, -0.1) is 0 Å². The summed E-state index contributed by atoms with van der Waals surface area (Å²) in [6.45, 7) is 0.0388. The second-order valence-electron chi connectivity index (χ2n) is 6.89. The molecule has 1 saturated carbocycles. The van der Waals surface area contributed by atoms with Gasteiger partial charge in [0.1, 0.15) is 18.2 Å². The fraction of sp³-hybridized carbons (Fsp3) is 0.300. The van der Waals surface area contributed by atoms with E-state index in [1.807, 2.05) is 0 Å². The summed E-state index contributed by atoms with van der Waals surface area (Å²) in [5.74, 6) is -0.189. The van der Waals surface area contributed by atoms with Crippen LogP contribution in [0, 0.1) is 5.82 Å². The molecular formula is C20H16ClF4N3O. The molecule has 0 aliphatic heterocycles. The third-order valence-corrected chi connectivity index (χ3v) is 5.14. The molecule has 0 spiro atoms. The molecule has 2 aromatic heterocycles. The summed E-state index contributed by atoms with van der Waals surface area (Å²) in [4.78, 5) is 7.74. The van der Waals surface area contributed by atoms with Crippen LogP contribution in [0.1, 0.15) is 30.1 Å². The van der Waals surface area contributed by atoms with Crippen LogP contribution in [0.5, 0.6) is 0 Å². The van der Waals surface area contributed by atoms with Gasteiger partial charge in [-0.25, -0.2) is 9.37 Å². The van der Waals surface area contributed by atoms with Crippen LogP contribution in [0.25, 0.3) is 10.9 Å². The van der Waals surface area contributed by atoms with Crippen LogP contribution in [0.2, 0.25) is 5.02 Å². The third kappa shape index (κ3) is 4.43. The smallest absolute Gasteiger partial charge is 0.362 e. The fourth-order valence-corrected chi connectivity index (χ4v) is 3.47. The molecule has 152 valence electrons. The van der Waals surface area contributed by atoms with Crippen LogP contribution in [-0.2, 0) is 10.9 Å². The zero-order chi connectivity index (χ0) is 20.6. The number of hydrogen-bond donors (Lipinski definition) is 1. The molecule has 3 aromatic rings. The first-order chi connectivity index (χ1) is 13.8. The normalized spacial score (nSPS) is 19.2. The van der Waals surface area contributed by atoms with Crippen molar-refractivity contribution in [2.45, 2.75) is 31.0 Å². The van der Waals surface area contributed by atoms with E-state index in [0.29, 0.717) is 10.4 Å². The SMILES string of the molecule is Fc1ccc(C2CC(OCNc3cc(C(F)(F)F)nc4ccc(Cl)cc34)C2)nc1. The monoisotopic (exact) mass is 425 g/mol. The van der Waals surface area contributed by atoms with Gasteiger partial charge < -0.3 is 10.1 Å². The molecule has 9 heteroatoms. The predicted molar refractivity (Wildman–Crippen MR) is 101 cm³/mol. The lowest BCUT2D eigenvalue weighted by atomic mass is 9.80.